The standard InChI is InChI=1S/C17H28N2O2/c1-13-5-3-7-15(9-13)19(2)11-16(20)12-21-17-8-4-6-14(18)10-17/h4,6,8,10,13,15-16,20H,3,5,7,9,11-12,18H2,1-2H3. The maximum absolute atomic E-state index is 10.1. The molecule has 2 rings (SSSR count). The summed E-state index contributed by atoms with van der Waals surface area (Å²) in [5.41, 5.74) is 6.38. The SMILES string of the molecule is CC1CCCC(N(C)CC(O)COc2cccc(N)c2)C1. The van der Waals surface area contributed by atoms with E-state index >= 15 is 0 Å². The molecule has 0 aliphatic heterocycles. The molecule has 1 aliphatic rings. The molecule has 3 unspecified atom stereocenters. The second-order valence-electron chi connectivity index (χ2n) is 6.40. The number of benzene rings is 1. The molecule has 0 heterocycles. The van der Waals surface area contributed by atoms with Gasteiger partial charge in [0.25, 0.3) is 0 Å². The lowest BCUT2D eigenvalue weighted by atomic mass is 9.86. The van der Waals surface area contributed by atoms with Crippen LogP contribution in [0.15, 0.2) is 24.3 Å². The van der Waals surface area contributed by atoms with Crippen molar-refractivity contribution in [3.05, 3.63) is 24.3 Å². The van der Waals surface area contributed by atoms with Crippen molar-refractivity contribution in [2.75, 3.05) is 25.9 Å². The molecule has 4 nitrogen and oxygen atoms in total. The highest BCUT2D eigenvalue weighted by Gasteiger charge is 2.23. The first-order chi connectivity index (χ1) is 10.0. The summed E-state index contributed by atoms with van der Waals surface area (Å²) in [6.45, 7) is 3.27. The molecule has 0 radical (unpaired) electrons. The number of nitrogen functional groups attached to an aromatic ring is 1. The maximum Gasteiger partial charge on any atom is 0.121 e. The van der Waals surface area contributed by atoms with Gasteiger partial charge in [-0.3, -0.25) is 0 Å². The minimum Gasteiger partial charge on any atom is -0.491 e. The topological polar surface area (TPSA) is 58.7 Å². The molecule has 1 aromatic rings. The number of likely N-dealkylation sites (N-methyl/N-ethyl adjacent to an activating group) is 1. The highest BCUT2D eigenvalue weighted by atomic mass is 16.5. The van der Waals surface area contributed by atoms with E-state index in [9.17, 15) is 5.11 Å². The Hall–Kier alpha value is -1.26. The average molecular weight is 292 g/mol. The molecule has 1 aromatic carbocycles. The monoisotopic (exact) mass is 292 g/mol. The van der Waals surface area contributed by atoms with Crippen LogP contribution in [0.3, 0.4) is 0 Å². The maximum atomic E-state index is 10.1. The first-order valence-corrected chi connectivity index (χ1v) is 7.91. The van der Waals surface area contributed by atoms with Crippen LogP contribution >= 0.6 is 0 Å². The Morgan fingerprint density at radius 2 is 2.24 bits per heavy atom. The van der Waals surface area contributed by atoms with Gasteiger partial charge in [-0.25, -0.2) is 0 Å². The molecule has 0 aromatic heterocycles. The molecule has 1 fully saturated rings. The predicted octanol–water partition coefficient (Wildman–Crippen LogP) is 2.52. The summed E-state index contributed by atoms with van der Waals surface area (Å²) < 4.78 is 5.60. The summed E-state index contributed by atoms with van der Waals surface area (Å²) in [7, 11) is 2.10. The molecule has 21 heavy (non-hydrogen) atoms. The average Bonchev–Trinajstić information content (AvgIpc) is 2.45. The molecule has 118 valence electrons. The second-order valence-corrected chi connectivity index (χ2v) is 6.40. The van der Waals surface area contributed by atoms with Gasteiger partial charge < -0.3 is 20.5 Å². The first-order valence-electron chi connectivity index (χ1n) is 7.91. The van der Waals surface area contributed by atoms with E-state index in [2.05, 4.69) is 18.9 Å². The highest BCUT2D eigenvalue weighted by molar-refractivity contribution is 5.43. The van der Waals surface area contributed by atoms with E-state index in [0.717, 1.165) is 5.92 Å². The van der Waals surface area contributed by atoms with E-state index in [1.165, 1.54) is 25.7 Å². The van der Waals surface area contributed by atoms with Gasteiger partial charge in [-0.1, -0.05) is 25.8 Å². The van der Waals surface area contributed by atoms with Gasteiger partial charge in [-0.15, -0.1) is 0 Å². The molecule has 0 amide bonds. The zero-order valence-corrected chi connectivity index (χ0v) is 13.2. The number of ether oxygens (including phenoxy) is 1. The Morgan fingerprint density at radius 3 is 2.95 bits per heavy atom. The first kappa shape index (κ1) is 16.1. The summed E-state index contributed by atoms with van der Waals surface area (Å²) in [5.74, 6) is 1.51. The van der Waals surface area contributed by atoms with Crippen LogP contribution in [0.5, 0.6) is 5.75 Å². The van der Waals surface area contributed by atoms with Crippen LogP contribution < -0.4 is 10.5 Å². The van der Waals surface area contributed by atoms with Crippen molar-refractivity contribution >= 4 is 5.69 Å². The van der Waals surface area contributed by atoms with Crippen LogP contribution in [0.1, 0.15) is 32.6 Å². The minimum absolute atomic E-state index is 0.302. The van der Waals surface area contributed by atoms with Crippen molar-refractivity contribution < 1.29 is 9.84 Å². The normalized spacial score (nSPS) is 24.0. The lowest BCUT2D eigenvalue weighted by Crippen LogP contribution is -2.41. The third-order valence-electron chi connectivity index (χ3n) is 4.33. The van der Waals surface area contributed by atoms with Gasteiger partial charge in [0.1, 0.15) is 18.5 Å². The molecule has 1 saturated carbocycles. The zero-order valence-electron chi connectivity index (χ0n) is 13.2. The van der Waals surface area contributed by atoms with E-state index in [4.69, 9.17) is 10.5 Å². The molecule has 0 spiro atoms. The van der Waals surface area contributed by atoms with Crippen LogP contribution in [0.2, 0.25) is 0 Å². The number of nitrogens with two attached hydrogens (primary N) is 1. The van der Waals surface area contributed by atoms with Gasteiger partial charge in [0.15, 0.2) is 0 Å². The van der Waals surface area contributed by atoms with Crippen LogP contribution in [-0.4, -0.2) is 42.4 Å². The van der Waals surface area contributed by atoms with Crippen LogP contribution in [-0.2, 0) is 0 Å². The summed E-state index contributed by atoms with van der Waals surface area (Å²) in [6.07, 6.45) is 4.63. The minimum atomic E-state index is -0.478. The summed E-state index contributed by atoms with van der Waals surface area (Å²) >= 11 is 0. The smallest absolute Gasteiger partial charge is 0.121 e. The molecule has 1 aliphatic carbocycles. The summed E-state index contributed by atoms with van der Waals surface area (Å²) in [4.78, 5) is 2.28. The molecule has 0 saturated heterocycles. The van der Waals surface area contributed by atoms with Crippen molar-refractivity contribution in [2.24, 2.45) is 5.92 Å². The van der Waals surface area contributed by atoms with Crippen molar-refractivity contribution in [3.63, 3.8) is 0 Å². The van der Waals surface area contributed by atoms with E-state index in [1.54, 1.807) is 6.07 Å². The third kappa shape index (κ3) is 5.21. The van der Waals surface area contributed by atoms with Gasteiger partial charge in [0.05, 0.1) is 0 Å². The van der Waals surface area contributed by atoms with E-state index in [-0.39, 0.29) is 0 Å². The van der Waals surface area contributed by atoms with E-state index in [0.29, 0.717) is 30.6 Å². The van der Waals surface area contributed by atoms with Crippen molar-refractivity contribution in [2.45, 2.75) is 44.8 Å². The zero-order chi connectivity index (χ0) is 15.2. The predicted molar refractivity (Wildman–Crippen MR) is 86.4 cm³/mol. The number of rotatable bonds is 6. The molecular weight excluding hydrogens is 264 g/mol. The third-order valence-corrected chi connectivity index (χ3v) is 4.33. The van der Waals surface area contributed by atoms with Gasteiger partial charge >= 0.3 is 0 Å². The van der Waals surface area contributed by atoms with Crippen molar-refractivity contribution in [1.82, 2.24) is 4.90 Å². The quantitative estimate of drug-likeness (QED) is 0.791. The number of anilines is 1. The molecule has 3 N–H and O–H groups in total. The van der Waals surface area contributed by atoms with Crippen molar-refractivity contribution in [3.8, 4) is 5.75 Å². The van der Waals surface area contributed by atoms with Crippen LogP contribution in [0.25, 0.3) is 0 Å². The largest absolute Gasteiger partial charge is 0.491 e. The fraction of sp³-hybridized carbons (Fsp3) is 0.647. The fourth-order valence-electron chi connectivity index (χ4n) is 3.13. The summed E-state index contributed by atoms with van der Waals surface area (Å²) in [5, 5.41) is 10.1. The fourth-order valence-corrected chi connectivity index (χ4v) is 3.13. The van der Waals surface area contributed by atoms with E-state index < -0.39 is 6.10 Å². The Labute approximate surface area is 127 Å². The van der Waals surface area contributed by atoms with Crippen LogP contribution in [0.4, 0.5) is 5.69 Å². The molecule has 0 bridgehead atoms. The van der Waals surface area contributed by atoms with Gasteiger partial charge in [-0.2, -0.15) is 0 Å². The number of aliphatic hydroxyl groups excluding tert-OH is 1. The lowest BCUT2D eigenvalue weighted by molar-refractivity contribution is 0.0516. The van der Waals surface area contributed by atoms with Gasteiger partial charge in [-0.05, 0) is 37.9 Å². The number of nitrogens with zero attached hydrogens (tertiary/aromatic N) is 1. The van der Waals surface area contributed by atoms with E-state index in [1.807, 2.05) is 18.2 Å². The van der Waals surface area contributed by atoms with Gasteiger partial charge in [0.2, 0.25) is 0 Å². The number of hydrogen-bond donors (Lipinski definition) is 2. The molecule has 4 heteroatoms. The Balaban J connectivity index is 1.74. The number of aliphatic hydroxyl groups is 1. The Bertz CT molecular complexity index is 439. The lowest BCUT2D eigenvalue weighted by Gasteiger charge is -2.35. The molecular formula is C17H28N2O2. The van der Waals surface area contributed by atoms with Crippen molar-refractivity contribution in [1.29, 1.82) is 0 Å². The Kier molecular flexibility index (Phi) is 5.88. The summed E-state index contributed by atoms with van der Waals surface area (Å²) in [6, 6.07) is 7.90. The Morgan fingerprint density at radius 1 is 1.43 bits per heavy atom. The molecule has 3 atom stereocenters. The highest BCUT2D eigenvalue weighted by Crippen LogP contribution is 2.26. The second kappa shape index (κ2) is 7.66. The van der Waals surface area contributed by atoms with Gasteiger partial charge in [0, 0.05) is 24.3 Å². The van der Waals surface area contributed by atoms with Crippen LogP contribution in [0, 0.1) is 5.92 Å². The number of hydrogen-bond acceptors (Lipinski definition) is 4.